The van der Waals surface area contributed by atoms with Gasteiger partial charge in [-0.05, 0) is 18.6 Å². The van der Waals surface area contributed by atoms with E-state index in [0.29, 0.717) is 23.5 Å². The van der Waals surface area contributed by atoms with Crippen LogP contribution in [-0.2, 0) is 0 Å². The lowest BCUT2D eigenvalue weighted by atomic mass is 10.1. The van der Waals surface area contributed by atoms with E-state index in [4.69, 9.17) is 4.74 Å². The third-order valence-electron chi connectivity index (χ3n) is 1.76. The highest BCUT2D eigenvalue weighted by Crippen LogP contribution is 2.18. The second-order valence-corrected chi connectivity index (χ2v) is 2.88. The van der Waals surface area contributed by atoms with Crippen molar-refractivity contribution in [3.8, 4) is 5.75 Å². The summed E-state index contributed by atoms with van der Waals surface area (Å²) in [4.78, 5) is 21.1. The van der Waals surface area contributed by atoms with E-state index in [-0.39, 0.29) is 0 Å². The summed E-state index contributed by atoms with van der Waals surface area (Å²) in [5.74, 6) is 0.478. The fourth-order valence-corrected chi connectivity index (χ4v) is 1.06. The van der Waals surface area contributed by atoms with Gasteiger partial charge >= 0.3 is 0 Å². The van der Waals surface area contributed by atoms with Crippen LogP contribution in [0.25, 0.3) is 0 Å². The first-order valence-electron chi connectivity index (χ1n) is 4.49. The number of benzene rings is 1. The molecule has 0 aliphatic carbocycles. The van der Waals surface area contributed by atoms with Gasteiger partial charge in [-0.1, -0.05) is 13.0 Å². The van der Waals surface area contributed by atoms with Gasteiger partial charge in [0.2, 0.25) is 0 Å². The molecule has 0 bridgehead atoms. The summed E-state index contributed by atoms with van der Waals surface area (Å²) in [6.07, 6.45) is 2.32. The van der Waals surface area contributed by atoms with Crippen molar-refractivity contribution in [2.45, 2.75) is 13.3 Å². The van der Waals surface area contributed by atoms with Gasteiger partial charge in [-0.3, -0.25) is 9.59 Å². The van der Waals surface area contributed by atoms with Crippen molar-refractivity contribution in [2.24, 2.45) is 0 Å². The molecule has 3 nitrogen and oxygen atoms in total. The minimum absolute atomic E-state index is 0.476. The van der Waals surface area contributed by atoms with Crippen molar-refractivity contribution < 1.29 is 14.3 Å². The van der Waals surface area contributed by atoms with Crippen LogP contribution in [0, 0.1) is 0 Å². The number of aldehydes is 2. The van der Waals surface area contributed by atoms with Crippen LogP contribution < -0.4 is 4.74 Å². The number of hydrogen-bond acceptors (Lipinski definition) is 3. The number of rotatable bonds is 5. The molecule has 0 saturated heterocycles. The first-order chi connectivity index (χ1) is 6.81. The van der Waals surface area contributed by atoms with E-state index in [1.165, 1.54) is 0 Å². The van der Waals surface area contributed by atoms with Crippen LogP contribution in [-0.4, -0.2) is 19.2 Å². The maximum absolute atomic E-state index is 10.6. The number of carbonyl (C=O) groups is 2. The molecule has 0 N–H and O–H groups in total. The average Bonchev–Trinajstić information content (AvgIpc) is 2.25. The SMILES string of the molecule is CCCOc1cc(C=O)ccc1C=O. The van der Waals surface area contributed by atoms with E-state index in [1.807, 2.05) is 6.92 Å². The molecule has 3 heteroatoms. The van der Waals surface area contributed by atoms with Gasteiger partial charge in [0, 0.05) is 5.56 Å². The molecule has 1 aromatic carbocycles. The van der Waals surface area contributed by atoms with Gasteiger partial charge in [-0.15, -0.1) is 0 Å². The molecule has 0 heterocycles. The summed E-state index contributed by atoms with van der Waals surface area (Å²) in [6.45, 7) is 2.52. The number of hydrogen-bond donors (Lipinski definition) is 0. The molecule has 0 fully saturated rings. The van der Waals surface area contributed by atoms with E-state index in [0.717, 1.165) is 19.0 Å². The largest absolute Gasteiger partial charge is 0.493 e. The fourth-order valence-electron chi connectivity index (χ4n) is 1.06. The monoisotopic (exact) mass is 192 g/mol. The Morgan fingerprint density at radius 1 is 1.29 bits per heavy atom. The highest BCUT2D eigenvalue weighted by Gasteiger charge is 2.03. The van der Waals surface area contributed by atoms with E-state index in [2.05, 4.69) is 0 Å². The molecular formula is C11H12O3. The molecule has 0 saturated carbocycles. The van der Waals surface area contributed by atoms with Gasteiger partial charge in [0.1, 0.15) is 12.0 Å². The van der Waals surface area contributed by atoms with Crippen molar-refractivity contribution in [3.05, 3.63) is 29.3 Å². The topological polar surface area (TPSA) is 43.4 Å². The van der Waals surface area contributed by atoms with Gasteiger partial charge in [0.05, 0.1) is 12.2 Å². The number of carbonyl (C=O) groups excluding carboxylic acids is 2. The second kappa shape index (κ2) is 5.17. The number of ether oxygens (including phenoxy) is 1. The zero-order valence-electron chi connectivity index (χ0n) is 8.03. The van der Waals surface area contributed by atoms with Crippen LogP contribution in [0.1, 0.15) is 34.1 Å². The molecular weight excluding hydrogens is 180 g/mol. The van der Waals surface area contributed by atoms with Crippen LogP contribution in [0.5, 0.6) is 5.75 Å². The molecule has 0 aromatic heterocycles. The molecule has 0 amide bonds. The zero-order chi connectivity index (χ0) is 10.4. The molecule has 0 unspecified atom stereocenters. The predicted molar refractivity (Wildman–Crippen MR) is 53.0 cm³/mol. The minimum Gasteiger partial charge on any atom is -0.493 e. The second-order valence-electron chi connectivity index (χ2n) is 2.88. The van der Waals surface area contributed by atoms with Gasteiger partial charge in [-0.25, -0.2) is 0 Å². The Morgan fingerprint density at radius 2 is 2.07 bits per heavy atom. The fraction of sp³-hybridized carbons (Fsp3) is 0.273. The molecule has 0 spiro atoms. The Balaban J connectivity index is 2.95. The summed E-state index contributed by atoms with van der Waals surface area (Å²) < 4.78 is 5.33. The molecule has 14 heavy (non-hydrogen) atoms. The highest BCUT2D eigenvalue weighted by molar-refractivity contribution is 5.83. The van der Waals surface area contributed by atoms with Crippen molar-refractivity contribution >= 4 is 12.6 Å². The van der Waals surface area contributed by atoms with Crippen LogP contribution in [0.3, 0.4) is 0 Å². The summed E-state index contributed by atoms with van der Waals surface area (Å²) in [6, 6.07) is 4.75. The Morgan fingerprint density at radius 3 is 2.64 bits per heavy atom. The van der Waals surface area contributed by atoms with Gasteiger partial charge in [0.25, 0.3) is 0 Å². The predicted octanol–water partition coefficient (Wildman–Crippen LogP) is 2.10. The lowest BCUT2D eigenvalue weighted by molar-refractivity contribution is 0.110. The summed E-state index contributed by atoms with van der Waals surface area (Å²) in [5.41, 5.74) is 0.991. The van der Waals surface area contributed by atoms with Crippen LogP contribution >= 0.6 is 0 Å². The van der Waals surface area contributed by atoms with Gasteiger partial charge in [0.15, 0.2) is 6.29 Å². The Hall–Kier alpha value is -1.64. The summed E-state index contributed by atoms with van der Waals surface area (Å²) in [7, 11) is 0. The van der Waals surface area contributed by atoms with Crippen LogP contribution in [0.4, 0.5) is 0 Å². The van der Waals surface area contributed by atoms with Crippen LogP contribution in [0.2, 0.25) is 0 Å². The smallest absolute Gasteiger partial charge is 0.153 e. The average molecular weight is 192 g/mol. The van der Waals surface area contributed by atoms with Crippen molar-refractivity contribution in [3.63, 3.8) is 0 Å². The first-order valence-corrected chi connectivity index (χ1v) is 4.49. The van der Waals surface area contributed by atoms with E-state index in [1.54, 1.807) is 18.2 Å². The molecule has 0 aliphatic rings. The Labute approximate surface area is 82.7 Å². The Kier molecular flexibility index (Phi) is 3.85. The molecule has 74 valence electrons. The van der Waals surface area contributed by atoms with E-state index >= 15 is 0 Å². The standard InChI is InChI=1S/C11H12O3/c1-2-5-14-11-6-9(7-12)3-4-10(11)8-13/h3-4,6-8H,2,5H2,1H3. The highest BCUT2D eigenvalue weighted by atomic mass is 16.5. The summed E-state index contributed by atoms with van der Waals surface area (Å²) in [5, 5.41) is 0. The van der Waals surface area contributed by atoms with E-state index in [9.17, 15) is 9.59 Å². The molecule has 1 aromatic rings. The lowest BCUT2D eigenvalue weighted by Gasteiger charge is -2.07. The molecule has 0 radical (unpaired) electrons. The maximum atomic E-state index is 10.6. The van der Waals surface area contributed by atoms with Gasteiger partial charge < -0.3 is 4.74 Å². The quantitative estimate of drug-likeness (QED) is 0.671. The first kappa shape index (κ1) is 10.4. The third kappa shape index (κ3) is 2.42. The van der Waals surface area contributed by atoms with E-state index < -0.39 is 0 Å². The normalized spacial score (nSPS) is 9.50. The molecule has 0 aliphatic heterocycles. The molecule has 1 rings (SSSR count). The Bertz CT molecular complexity index is 331. The lowest BCUT2D eigenvalue weighted by Crippen LogP contribution is -1.99. The third-order valence-corrected chi connectivity index (χ3v) is 1.76. The van der Waals surface area contributed by atoms with Crippen molar-refractivity contribution in [1.82, 2.24) is 0 Å². The van der Waals surface area contributed by atoms with Crippen LogP contribution in [0.15, 0.2) is 18.2 Å². The van der Waals surface area contributed by atoms with Gasteiger partial charge in [-0.2, -0.15) is 0 Å². The summed E-state index contributed by atoms with van der Waals surface area (Å²) >= 11 is 0. The van der Waals surface area contributed by atoms with Crippen molar-refractivity contribution in [2.75, 3.05) is 6.61 Å². The minimum atomic E-state index is 0.476. The zero-order valence-corrected chi connectivity index (χ0v) is 8.03. The maximum Gasteiger partial charge on any atom is 0.153 e. The van der Waals surface area contributed by atoms with Crippen molar-refractivity contribution in [1.29, 1.82) is 0 Å². The molecule has 0 atom stereocenters.